The minimum Gasteiger partial charge on any atom is -0.488 e. The summed E-state index contributed by atoms with van der Waals surface area (Å²) in [6.07, 6.45) is 4.71. The predicted molar refractivity (Wildman–Crippen MR) is 125 cm³/mol. The van der Waals surface area contributed by atoms with E-state index in [1.807, 2.05) is 49.4 Å². The first-order valence-electron chi connectivity index (χ1n) is 10.8. The summed E-state index contributed by atoms with van der Waals surface area (Å²) in [5.41, 5.74) is 2.93. The van der Waals surface area contributed by atoms with Gasteiger partial charge in [0, 0.05) is 18.7 Å². The van der Waals surface area contributed by atoms with Crippen LogP contribution in [0.4, 0.5) is 4.79 Å². The Morgan fingerprint density at radius 1 is 1.06 bits per heavy atom. The number of hydrogen-bond donors (Lipinski definition) is 0. The fourth-order valence-corrected chi connectivity index (χ4v) is 4.68. The third-order valence-electron chi connectivity index (χ3n) is 5.56. The summed E-state index contributed by atoms with van der Waals surface area (Å²) in [6, 6.07) is 15.5. The number of hydrogen-bond acceptors (Lipinski definition) is 5. The lowest BCUT2D eigenvalue weighted by Gasteiger charge is -2.27. The predicted octanol–water partition coefficient (Wildman–Crippen LogP) is 4.62. The van der Waals surface area contributed by atoms with Crippen molar-refractivity contribution in [1.29, 1.82) is 0 Å². The zero-order valence-corrected chi connectivity index (χ0v) is 18.9. The first-order valence-corrected chi connectivity index (χ1v) is 11.6. The zero-order chi connectivity index (χ0) is 22.5. The summed E-state index contributed by atoms with van der Waals surface area (Å²) >= 11 is 0.863. The van der Waals surface area contributed by atoms with Gasteiger partial charge in [0.2, 0.25) is 5.91 Å². The fraction of sp³-hybridized carbons (Fsp3) is 0.320. The van der Waals surface area contributed by atoms with E-state index in [-0.39, 0.29) is 12.5 Å². The molecule has 0 saturated carbocycles. The highest BCUT2D eigenvalue weighted by atomic mass is 32.2. The number of nitrogens with zero attached hydrogens (tertiary/aromatic N) is 2. The molecule has 2 aromatic carbocycles. The van der Waals surface area contributed by atoms with E-state index in [0.29, 0.717) is 35.9 Å². The number of ether oxygens (including phenoxy) is 1. The van der Waals surface area contributed by atoms with Crippen LogP contribution in [-0.2, 0) is 16.2 Å². The van der Waals surface area contributed by atoms with Crippen LogP contribution in [0.5, 0.6) is 5.75 Å². The van der Waals surface area contributed by atoms with Crippen molar-refractivity contribution < 1.29 is 19.1 Å². The summed E-state index contributed by atoms with van der Waals surface area (Å²) in [5.74, 6) is 0.0270. The van der Waals surface area contributed by atoms with E-state index in [1.165, 1.54) is 0 Å². The van der Waals surface area contributed by atoms with Crippen molar-refractivity contribution in [3.8, 4) is 5.75 Å². The number of para-hydroxylation sites is 1. The number of rotatable bonds is 6. The molecule has 2 aliphatic rings. The number of benzene rings is 2. The van der Waals surface area contributed by atoms with Crippen LogP contribution in [0.3, 0.4) is 0 Å². The van der Waals surface area contributed by atoms with Crippen LogP contribution in [0.1, 0.15) is 36.0 Å². The number of carbonyl (C=O) groups excluding carboxylic acids is 3. The van der Waals surface area contributed by atoms with Crippen molar-refractivity contribution in [2.24, 2.45) is 0 Å². The average Bonchev–Trinajstić information content (AvgIpc) is 3.06. The van der Waals surface area contributed by atoms with Crippen molar-refractivity contribution in [3.05, 3.63) is 70.1 Å². The molecule has 2 saturated heterocycles. The average molecular weight is 451 g/mol. The summed E-state index contributed by atoms with van der Waals surface area (Å²) in [7, 11) is 0. The van der Waals surface area contributed by atoms with Crippen molar-refractivity contribution in [2.45, 2.75) is 32.8 Å². The largest absolute Gasteiger partial charge is 0.488 e. The third-order valence-corrected chi connectivity index (χ3v) is 6.47. The molecule has 166 valence electrons. The van der Waals surface area contributed by atoms with E-state index in [2.05, 4.69) is 6.07 Å². The Kier molecular flexibility index (Phi) is 6.95. The number of piperidine rings is 1. The van der Waals surface area contributed by atoms with Crippen molar-refractivity contribution in [2.75, 3.05) is 19.6 Å². The topological polar surface area (TPSA) is 66.9 Å². The van der Waals surface area contributed by atoms with Gasteiger partial charge < -0.3 is 9.64 Å². The highest BCUT2D eigenvalue weighted by Crippen LogP contribution is 2.34. The Balaban J connectivity index is 1.46. The molecule has 2 aromatic rings. The number of aryl methyl sites for hydroxylation is 1. The number of thioether (sulfide) groups is 1. The van der Waals surface area contributed by atoms with Gasteiger partial charge in [-0.05, 0) is 55.7 Å². The molecule has 0 unspecified atom stereocenters. The second-order valence-corrected chi connectivity index (χ2v) is 9.02. The lowest BCUT2D eigenvalue weighted by molar-refractivity contribution is -0.136. The van der Waals surface area contributed by atoms with Gasteiger partial charge in [0.15, 0.2) is 0 Å². The first-order chi connectivity index (χ1) is 15.5. The Hall–Kier alpha value is -3.06. The Labute approximate surface area is 192 Å². The smallest absolute Gasteiger partial charge is 0.294 e. The fourth-order valence-electron chi connectivity index (χ4n) is 3.85. The minimum atomic E-state index is -0.432. The van der Waals surface area contributed by atoms with Gasteiger partial charge in [0.1, 0.15) is 18.9 Å². The lowest BCUT2D eigenvalue weighted by atomic mass is 10.1. The molecule has 0 atom stereocenters. The summed E-state index contributed by atoms with van der Waals surface area (Å²) < 4.78 is 6.00. The van der Waals surface area contributed by atoms with Crippen LogP contribution >= 0.6 is 11.8 Å². The number of carbonyl (C=O) groups is 3. The zero-order valence-electron chi connectivity index (χ0n) is 18.1. The third kappa shape index (κ3) is 5.22. The molecule has 7 heteroatoms. The molecule has 0 N–H and O–H groups in total. The van der Waals surface area contributed by atoms with E-state index >= 15 is 0 Å². The van der Waals surface area contributed by atoms with Gasteiger partial charge in [-0.2, -0.15) is 0 Å². The highest BCUT2D eigenvalue weighted by Gasteiger charge is 2.37. The van der Waals surface area contributed by atoms with Gasteiger partial charge in [-0.1, -0.05) is 48.0 Å². The van der Waals surface area contributed by atoms with E-state index in [1.54, 1.807) is 11.0 Å². The maximum atomic E-state index is 12.9. The molecule has 0 aliphatic carbocycles. The molecule has 0 radical (unpaired) electrons. The SMILES string of the molecule is Cc1cccc(COc2ccccc2/C=C2/SC(=O)N(CC(=O)N3CCCCC3)C2=O)c1. The van der Waals surface area contributed by atoms with Crippen LogP contribution < -0.4 is 4.74 Å². The monoisotopic (exact) mass is 450 g/mol. The van der Waals surface area contributed by atoms with E-state index in [0.717, 1.165) is 47.1 Å². The molecule has 2 fully saturated rings. The molecular weight excluding hydrogens is 424 g/mol. The molecule has 3 amide bonds. The second kappa shape index (κ2) is 10.0. The molecule has 4 rings (SSSR count). The van der Waals surface area contributed by atoms with Gasteiger partial charge >= 0.3 is 0 Å². The summed E-state index contributed by atoms with van der Waals surface area (Å²) in [6.45, 7) is 3.61. The van der Waals surface area contributed by atoms with Crippen molar-refractivity contribution >= 4 is 34.9 Å². The van der Waals surface area contributed by atoms with E-state index in [9.17, 15) is 14.4 Å². The van der Waals surface area contributed by atoms with Crippen LogP contribution in [0.2, 0.25) is 0 Å². The van der Waals surface area contributed by atoms with Crippen LogP contribution in [-0.4, -0.2) is 46.5 Å². The molecule has 6 nitrogen and oxygen atoms in total. The maximum absolute atomic E-state index is 12.9. The minimum absolute atomic E-state index is 0.171. The molecular formula is C25H26N2O4S. The Bertz CT molecular complexity index is 1060. The summed E-state index contributed by atoms with van der Waals surface area (Å²) in [5, 5.41) is -0.412. The van der Waals surface area contributed by atoms with Gasteiger partial charge in [0.05, 0.1) is 4.91 Å². The van der Waals surface area contributed by atoms with Gasteiger partial charge in [-0.15, -0.1) is 0 Å². The van der Waals surface area contributed by atoms with E-state index in [4.69, 9.17) is 4.74 Å². The van der Waals surface area contributed by atoms with Crippen molar-refractivity contribution in [3.63, 3.8) is 0 Å². The molecule has 32 heavy (non-hydrogen) atoms. The standard InChI is InChI=1S/C25H26N2O4S/c1-18-8-7-9-19(14-18)17-31-21-11-4-3-10-20(21)15-22-24(29)27(25(30)32-22)16-23(28)26-12-5-2-6-13-26/h3-4,7-11,14-15H,2,5-6,12-13,16-17H2,1H3/b22-15+. The first kappa shape index (κ1) is 22.1. The summed E-state index contributed by atoms with van der Waals surface area (Å²) in [4.78, 5) is 41.0. The number of amides is 3. The second-order valence-electron chi connectivity index (χ2n) is 8.02. The molecule has 0 aromatic heterocycles. The normalized spacial score (nSPS) is 17.8. The lowest BCUT2D eigenvalue weighted by Crippen LogP contribution is -2.44. The quantitative estimate of drug-likeness (QED) is 0.601. The molecule has 2 heterocycles. The molecule has 2 aliphatic heterocycles. The van der Waals surface area contributed by atoms with Gasteiger partial charge in [-0.25, -0.2) is 0 Å². The van der Waals surface area contributed by atoms with E-state index < -0.39 is 11.1 Å². The number of imide groups is 1. The number of likely N-dealkylation sites (tertiary alicyclic amines) is 1. The highest BCUT2D eigenvalue weighted by molar-refractivity contribution is 8.18. The van der Waals surface area contributed by atoms with Crippen LogP contribution in [0.25, 0.3) is 6.08 Å². The Morgan fingerprint density at radius 3 is 2.62 bits per heavy atom. The van der Waals surface area contributed by atoms with Crippen LogP contribution in [0, 0.1) is 6.92 Å². The maximum Gasteiger partial charge on any atom is 0.294 e. The van der Waals surface area contributed by atoms with Crippen molar-refractivity contribution in [1.82, 2.24) is 9.80 Å². The molecule has 0 bridgehead atoms. The van der Waals surface area contributed by atoms with Crippen LogP contribution in [0.15, 0.2) is 53.4 Å². The molecule has 0 spiro atoms. The Morgan fingerprint density at radius 2 is 1.84 bits per heavy atom. The van der Waals surface area contributed by atoms with Gasteiger partial charge in [0.25, 0.3) is 11.1 Å². The van der Waals surface area contributed by atoms with Gasteiger partial charge in [-0.3, -0.25) is 19.3 Å².